The quantitative estimate of drug-likeness (QED) is 0.411. The Morgan fingerprint density at radius 2 is 1.75 bits per heavy atom. The Labute approximate surface area is 209 Å². The van der Waals surface area contributed by atoms with Crippen molar-refractivity contribution in [2.24, 2.45) is 0 Å². The Hall–Kier alpha value is -4.00. The van der Waals surface area contributed by atoms with Gasteiger partial charge in [-0.15, -0.1) is 10.2 Å². The van der Waals surface area contributed by atoms with Crippen LogP contribution < -0.4 is 5.32 Å². The lowest BCUT2D eigenvalue weighted by Gasteiger charge is -2.23. The minimum Gasteiger partial charge on any atom is -0.415 e. The molecule has 9 nitrogen and oxygen atoms in total. The topological polar surface area (TPSA) is 123 Å². The predicted octanol–water partition coefficient (Wildman–Crippen LogP) is 4.33. The molecular formula is C27H27N7O2. The number of aromatic nitrogens is 5. The molecular weight excluding hydrogens is 454 g/mol. The maximum absolute atomic E-state index is 9.44. The van der Waals surface area contributed by atoms with Crippen molar-refractivity contribution in [2.75, 3.05) is 13.2 Å². The SMILES string of the molecule is CC(C)(C#N)c1cc(-c2cncc(-c3nnc(-c4ccc(CNC5CCOCC5)cc4)o3)n2)ccn1. The molecule has 0 aliphatic carbocycles. The van der Waals surface area contributed by atoms with Crippen LogP contribution >= 0.6 is 0 Å². The zero-order valence-electron chi connectivity index (χ0n) is 20.3. The first-order valence-electron chi connectivity index (χ1n) is 12.0. The lowest BCUT2D eigenvalue weighted by atomic mass is 9.90. The lowest BCUT2D eigenvalue weighted by molar-refractivity contribution is 0.0776. The molecule has 0 amide bonds. The van der Waals surface area contributed by atoms with Gasteiger partial charge in [-0.1, -0.05) is 12.1 Å². The van der Waals surface area contributed by atoms with E-state index in [0.29, 0.717) is 29.0 Å². The molecule has 0 unspecified atom stereocenters. The Morgan fingerprint density at radius 3 is 2.53 bits per heavy atom. The number of rotatable bonds is 7. The van der Waals surface area contributed by atoms with Crippen molar-refractivity contribution in [3.8, 4) is 40.4 Å². The standard InChI is InChI=1S/C27H27N7O2/c1-27(2,17-28)24-13-20(7-10-30-24)22-15-29-16-23(32-22)26-34-33-25(36-26)19-5-3-18(4-6-19)14-31-21-8-11-35-12-9-21/h3-7,10,13,15-16,21,31H,8-9,11-12,14H2,1-2H3. The van der Waals surface area contributed by atoms with Gasteiger partial charge < -0.3 is 14.5 Å². The fourth-order valence-electron chi connectivity index (χ4n) is 3.97. The first-order chi connectivity index (χ1) is 17.5. The molecule has 0 saturated carbocycles. The highest BCUT2D eigenvalue weighted by molar-refractivity contribution is 5.62. The molecule has 1 fully saturated rings. The Balaban J connectivity index is 1.30. The smallest absolute Gasteiger partial charge is 0.268 e. The van der Waals surface area contributed by atoms with Crippen LogP contribution in [0, 0.1) is 11.3 Å². The Bertz CT molecular complexity index is 1370. The van der Waals surface area contributed by atoms with E-state index in [-0.39, 0.29) is 5.89 Å². The summed E-state index contributed by atoms with van der Waals surface area (Å²) in [5.74, 6) is 0.708. The molecule has 1 N–H and O–H groups in total. The second-order valence-corrected chi connectivity index (χ2v) is 9.33. The van der Waals surface area contributed by atoms with E-state index in [1.54, 1.807) is 18.6 Å². The first kappa shape index (κ1) is 23.7. The van der Waals surface area contributed by atoms with E-state index in [2.05, 4.69) is 48.7 Å². The summed E-state index contributed by atoms with van der Waals surface area (Å²) in [5, 5.41) is 21.4. The molecule has 1 aromatic carbocycles. The summed E-state index contributed by atoms with van der Waals surface area (Å²) in [5.41, 5.74) is 3.90. The molecule has 4 aromatic rings. The van der Waals surface area contributed by atoms with Crippen LogP contribution in [0.4, 0.5) is 0 Å². The van der Waals surface area contributed by atoms with Crippen LogP contribution in [0.2, 0.25) is 0 Å². The van der Waals surface area contributed by atoms with Gasteiger partial charge in [0, 0.05) is 43.1 Å². The van der Waals surface area contributed by atoms with Crippen molar-refractivity contribution >= 4 is 0 Å². The number of nitrogens with one attached hydrogen (secondary N) is 1. The molecule has 1 saturated heterocycles. The van der Waals surface area contributed by atoms with Gasteiger partial charge in [0.1, 0.15) is 5.69 Å². The zero-order valence-corrected chi connectivity index (χ0v) is 20.3. The molecule has 182 valence electrons. The number of hydrogen-bond acceptors (Lipinski definition) is 9. The summed E-state index contributed by atoms with van der Waals surface area (Å²) < 4.78 is 11.3. The van der Waals surface area contributed by atoms with Crippen LogP contribution in [0.25, 0.3) is 34.3 Å². The molecule has 4 heterocycles. The second-order valence-electron chi connectivity index (χ2n) is 9.33. The van der Waals surface area contributed by atoms with E-state index in [1.807, 2.05) is 38.1 Å². The molecule has 1 aliphatic heterocycles. The number of hydrogen-bond donors (Lipinski definition) is 1. The highest BCUT2D eigenvalue weighted by Gasteiger charge is 2.22. The van der Waals surface area contributed by atoms with E-state index in [4.69, 9.17) is 9.15 Å². The minimum absolute atomic E-state index is 0.288. The summed E-state index contributed by atoms with van der Waals surface area (Å²) in [4.78, 5) is 13.3. The fraction of sp³-hybridized carbons (Fsp3) is 0.333. The van der Waals surface area contributed by atoms with Gasteiger partial charge >= 0.3 is 0 Å². The van der Waals surface area contributed by atoms with Gasteiger partial charge in [0.2, 0.25) is 5.89 Å². The summed E-state index contributed by atoms with van der Waals surface area (Å²) >= 11 is 0. The zero-order chi connectivity index (χ0) is 25.0. The van der Waals surface area contributed by atoms with Crippen LogP contribution in [0.5, 0.6) is 0 Å². The highest BCUT2D eigenvalue weighted by Crippen LogP contribution is 2.27. The van der Waals surface area contributed by atoms with Crippen LogP contribution in [-0.2, 0) is 16.7 Å². The van der Waals surface area contributed by atoms with E-state index >= 15 is 0 Å². The van der Waals surface area contributed by atoms with Crippen LogP contribution in [0.3, 0.4) is 0 Å². The lowest BCUT2D eigenvalue weighted by Crippen LogP contribution is -2.34. The fourth-order valence-corrected chi connectivity index (χ4v) is 3.97. The summed E-state index contributed by atoms with van der Waals surface area (Å²) in [6.45, 7) is 6.12. The first-order valence-corrected chi connectivity index (χ1v) is 12.0. The largest absolute Gasteiger partial charge is 0.415 e. The van der Waals surface area contributed by atoms with Gasteiger partial charge in [0.15, 0.2) is 0 Å². The molecule has 0 radical (unpaired) electrons. The van der Waals surface area contributed by atoms with E-state index < -0.39 is 5.41 Å². The molecule has 5 rings (SSSR count). The predicted molar refractivity (Wildman–Crippen MR) is 133 cm³/mol. The van der Waals surface area contributed by atoms with E-state index in [1.165, 1.54) is 5.56 Å². The monoisotopic (exact) mass is 481 g/mol. The second kappa shape index (κ2) is 10.3. The van der Waals surface area contributed by atoms with E-state index in [9.17, 15) is 5.26 Å². The number of benzene rings is 1. The van der Waals surface area contributed by atoms with Gasteiger partial charge in [-0.3, -0.25) is 9.97 Å². The van der Waals surface area contributed by atoms with Crippen molar-refractivity contribution in [1.29, 1.82) is 5.26 Å². The third-order valence-corrected chi connectivity index (χ3v) is 6.27. The van der Waals surface area contributed by atoms with Crippen molar-refractivity contribution in [3.63, 3.8) is 0 Å². The average Bonchev–Trinajstić information content (AvgIpc) is 3.43. The van der Waals surface area contributed by atoms with Crippen molar-refractivity contribution in [2.45, 2.75) is 44.7 Å². The van der Waals surface area contributed by atoms with E-state index in [0.717, 1.165) is 43.7 Å². The number of ether oxygens (including phenoxy) is 1. The highest BCUT2D eigenvalue weighted by atomic mass is 16.5. The minimum atomic E-state index is -0.709. The van der Waals surface area contributed by atoms with Crippen molar-refractivity contribution in [1.82, 2.24) is 30.5 Å². The molecule has 3 aromatic heterocycles. The van der Waals surface area contributed by atoms with Gasteiger partial charge in [-0.25, -0.2) is 4.98 Å². The van der Waals surface area contributed by atoms with Crippen LogP contribution in [0.15, 0.2) is 59.4 Å². The van der Waals surface area contributed by atoms with Crippen LogP contribution in [0.1, 0.15) is 37.9 Å². The van der Waals surface area contributed by atoms with Crippen molar-refractivity contribution < 1.29 is 9.15 Å². The summed E-state index contributed by atoms with van der Waals surface area (Å²) in [7, 11) is 0. The van der Waals surface area contributed by atoms with Gasteiger partial charge in [-0.05, 0) is 56.5 Å². The molecule has 9 heteroatoms. The van der Waals surface area contributed by atoms with Gasteiger partial charge in [0.25, 0.3) is 5.89 Å². The third-order valence-electron chi connectivity index (χ3n) is 6.27. The number of nitriles is 1. The summed E-state index contributed by atoms with van der Waals surface area (Å²) in [6.07, 6.45) is 7.02. The Morgan fingerprint density at radius 1 is 1.00 bits per heavy atom. The average molecular weight is 482 g/mol. The molecule has 0 bridgehead atoms. The van der Waals surface area contributed by atoms with Gasteiger partial charge in [0.05, 0.1) is 35.3 Å². The van der Waals surface area contributed by atoms with Gasteiger partial charge in [-0.2, -0.15) is 5.26 Å². The van der Waals surface area contributed by atoms with Crippen molar-refractivity contribution in [3.05, 3.63) is 66.2 Å². The maximum atomic E-state index is 9.44. The Kier molecular flexibility index (Phi) is 6.80. The van der Waals surface area contributed by atoms with Crippen LogP contribution in [-0.4, -0.2) is 44.4 Å². The molecule has 36 heavy (non-hydrogen) atoms. The number of nitrogens with zero attached hydrogens (tertiary/aromatic N) is 6. The molecule has 0 atom stereocenters. The molecule has 0 spiro atoms. The molecule has 1 aliphatic rings. The summed E-state index contributed by atoms with van der Waals surface area (Å²) in [6, 6.07) is 14.6. The normalized spacial score (nSPS) is 14.5. The maximum Gasteiger partial charge on any atom is 0.268 e. The third kappa shape index (κ3) is 5.30. The number of pyridine rings is 1.